The van der Waals surface area contributed by atoms with Crippen LogP contribution in [0.25, 0.3) is 0 Å². The van der Waals surface area contributed by atoms with Gasteiger partial charge in [0.05, 0.1) is 6.04 Å². The van der Waals surface area contributed by atoms with Crippen LogP contribution in [0.15, 0.2) is 45.5 Å². The van der Waals surface area contributed by atoms with Gasteiger partial charge in [-0.1, -0.05) is 19.1 Å². The summed E-state index contributed by atoms with van der Waals surface area (Å²) in [5, 5.41) is 3.27. The molecular weight excluding hydrogens is 285 g/mol. The number of furan rings is 1. The SMILES string of the molecule is CCNC(c1cccc(F)c1)c1ccc(Br)o1. The summed E-state index contributed by atoms with van der Waals surface area (Å²) in [6, 6.07) is 10.1. The van der Waals surface area contributed by atoms with Gasteiger partial charge in [-0.25, -0.2) is 4.39 Å². The molecule has 1 aromatic heterocycles. The van der Waals surface area contributed by atoms with E-state index in [1.54, 1.807) is 6.07 Å². The van der Waals surface area contributed by atoms with Crippen LogP contribution < -0.4 is 5.32 Å². The molecule has 4 heteroatoms. The van der Waals surface area contributed by atoms with Crippen molar-refractivity contribution in [2.75, 3.05) is 6.54 Å². The summed E-state index contributed by atoms with van der Waals surface area (Å²) in [5.41, 5.74) is 0.855. The summed E-state index contributed by atoms with van der Waals surface area (Å²) in [6.07, 6.45) is 0. The summed E-state index contributed by atoms with van der Waals surface area (Å²) in [4.78, 5) is 0. The standard InChI is InChI=1S/C13H13BrFNO/c1-2-16-13(11-6-7-12(14)17-11)9-4-3-5-10(15)8-9/h3-8,13,16H,2H2,1H3. The van der Waals surface area contributed by atoms with E-state index in [-0.39, 0.29) is 11.9 Å². The number of hydrogen-bond donors (Lipinski definition) is 1. The minimum atomic E-state index is -0.240. The monoisotopic (exact) mass is 297 g/mol. The Hall–Kier alpha value is -1.13. The van der Waals surface area contributed by atoms with Gasteiger partial charge in [-0.2, -0.15) is 0 Å². The average molecular weight is 298 g/mol. The molecule has 1 atom stereocenters. The lowest BCUT2D eigenvalue weighted by atomic mass is 10.0. The lowest BCUT2D eigenvalue weighted by molar-refractivity contribution is 0.436. The van der Waals surface area contributed by atoms with Crippen molar-refractivity contribution in [3.63, 3.8) is 0 Å². The van der Waals surface area contributed by atoms with Gasteiger partial charge in [0.25, 0.3) is 0 Å². The fourth-order valence-electron chi connectivity index (χ4n) is 1.76. The molecule has 1 aromatic carbocycles. The molecule has 0 aliphatic carbocycles. The zero-order valence-corrected chi connectivity index (χ0v) is 11.0. The zero-order valence-electron chi connectivity index (χ0n) is 9.41. The van der Waals surface area contributed by atoms with Gasteiger partial charge in [0.15, 0.2) is 4.67 Å². The van der Waals surface area contributed by atoms with Crippen LogP contribution in [0.1, 0.15) is 24.3 Å². The smallest absolute Gasteiger partial charge is 0.169 e. The van der Waals surface area contributed by atoms with Gasteiger partial charge in [0.1, 0.15) is 11.6 Å². The molecule has 2 rings (SSSR count). The van der Waals surface area contributed by atoms with Crippen LogP contribution in [0, 0.1) is 5.82 Å². The molecule has 17 heavy (non-hydrogen) atoms. The Morgan fingerprint density at radius 3 is 2.76 bits per heavy atom. The van der Waals surface area contributed by atoms with Crippen LogP contribution in [0.5, 0.6) is 0 Å². The highest BCUT2D eigenvalue weighted by molar-refractivity contribution is 9.10. The molecule has 1 unspecified atom stereocenters. The van der Waals surface area contributed by atoms with Gasteiger partial charge < -0.3 is 9.73 Å². The fraction of sp³-hybridized carbons (Fsp3) is 0.231. The Morgan fingerprint density at radius 2 is 2.18 bits per heavy atom. The Balaban J connectivity index is 2.35. The molecule has 1 heterocycles. The van der Waals surface area contributed by atoms with Crippen LogP contribution in [0.4, 0.5) is 4.39 Å². The van der Waals surface area contributed by atoms with Crippen molar-refractivity contribution in [2.24, 2.45) is 0 Å². The first kappa shape index (κ1) is 12.3. The second kappa shape index (κ2) is 5.47. The number of hydrogen-bond acceptors (Lipinski definition) is 2. The normalized spacial score (nSPS) is 12.6. The van der Waals surface area contributed by atoms with Crippen molar-refractivity contribution in [1.82, 2.24) is 5.32 Å². The van der Waals surface area contributed by atoms with Gasteiger partial charge in [-0.15, -0.1) is 0 Å². The van der Waals surface area contributed by atoms with E-state index in [9.17, 15) is 4.39 Å². The second-order valence-corrected chi connectivity index (χ2v) is 4.47. The summed E-state index contributed by atoms with van der Waals surface area (Å²) in [5.74, 6) is 0.528. The highest BCUT2D eigenvalue weighted by Gasteiger charge is 2.16. The third-order valence-corrected chi connectivity index (χ3v) is 2.89. The number of rotatable bonds is 4. The second-order valence-electron chi connectivity index (χ2n) is 3.69. The Morgan fingerprint density at radius 1 is 1.35 bits per heavy atom. The van der Waals surface area contributed by atoms with Crippen LogP contribution in [-0.2, 0) is 0 Å². The average Bonchev–Trinajstić information content (AvgIpc) is 2.72. The molecule has 90 valence electrons. The van der Waals surface area contributed by atoms with Gasteiger partial charge in [0, 0.05) is 0 Å². The van der Waals surface area contributed by atoms with Gasteiger partial charge in [-0.3, -0.25) is 0 Å². The van der Waals surface area contributed by atoms with Crippen LogP contribution in [-0.4, -0.2) is 6.54 Å². The van der Waals surface area contributed by atoms with Crippen molar-refractivity contribution >= 4 is 15.9 Å². The maximum atomic E-state index is 13.2. The molecule has 2 nitrogen and oxygen atoms in total. The Labute approximate surface area is 108 Å². The van der Waals surface area contributed by atoms with Crippen molar-refractivity contribution in [3.8, 4) is 0 Å². The molecule has 0 aliphatic heterocycles. The topological polar surface area (TPSA) is 25.2 Å². The largest absolute Gasteiger partial charge is 0.452 e. The van der Waals surface area contributed by atoms with E-state index < -0.39 is 0 Å². The molecule has 1 N–H and O–H groups in total. The van der Waals surface area contributed by atoms with Crippen molar-refractivity contribution in [2.45, 2.75) is 13.0 Å². The Kier molecular flexibility index (Phi) is 3.97. The molecule has 0 aliphatic rings. The summed E-state index contributed by atoms with van der Waals surface area (Å²) < 4.78 is 19.4. The van der Waals surface area contributed by atoms with Crippen LogP contribution in [0.3, 0.4) is 0 Å². The molecule has 2 aromatic rings. The van der Waals surface area contributed by atoms with E-state index in [0.29, 0.717) is 4.67 Å². The molecular formula is C13H13BrFNO. The maximum Gasteiger partial charge on any atom is 0.169 e. The molecule has 0 spiro atoms. The lowest BCUT2D eigenvalue weighted by Crippen LogP contribution is -2.21. The van der Waals surface area contributed by atoms with E-state index in [4.69, 9.17) is 4.42 Å². The maximum absolute atomic E-state index is 13.2. The predicted molar refractivity (Wildman–Crippen MR) is 68.3 cm³/mol. The van der Waals surface area contributed by atoms with Gasteiger partial charge in [-0.05, 0) is 52.3 Å². The summed E-state index contributed by atoms with van der Waals surface area (Å²) in [7, 11) is 0. The zero-order chi connectivity index (χ0) is 12.3. The Bertz CT molecular complexity index is 498. The van der Waals surface area contributed by atoms with Gasteiger partial charge >= 0.3 is 0 Å². The van der Waals surface area contributed by atoms with E-state index in [1.165, 1.54) is 12.1 Å². The number of nitrogens with one attached hydrogen (secondary N) is 1. The van der Waals surface area contributed by atoms with E-state index in [2.05, 4.69) is 21.2 Å². The first-order chi connectivity index (χ1) is 8.20. The predicted octanol–water partition coefficient (Wildman–Crippen LogP) is 3.88. The summed E-state index contributed by atoms with van der Waals surface area (Å²) >= 11 is 3.27. The third kappa shape index (κ3) is 2.96. The third-order valence-electron chi connectivity index (χ3n) is 2.47. The fourth-order valence-corrected chi connectivity index (χ4v) is 2.08. The van der Waals surface area contributed by atoms with Gasteiger partial charge in [0.2, 0.25) is 0 Å². The van der Waals surface area contributed by atoms with Crippen molar-refractivity contribution in [1.29, 1.82) is 0 Å². The highest BCUT2D eigenvalue weighted by atomic mass is 79.9. The molecule has 0 amide bonds. The summed E-state index contributed by atoms with van der Waals surface area (Å²) in [6.45, 7) is 2.78. The van der Waals surface area contributed by atoms with E-state index in [0.717, 1.165) is 17.9 Å². The van der Waals surface area contributed by atoms with Crippen LogP contribution in [0.2, 0.25) is 0 Å². The molecule has 0 radical (unpaired) electrons. The first-order valence-electron chi connectivity index (χ1n) is 5.44. The molecule has 0 saturated heterocycles. The molecule has 0 saturated carbocycles. The lowest BCUT2D eigenvalue weighted by Gasteiger charge is -2.15. The minimum absolute atomic E-state index is 0.123. The highest BCUT2D eigenvalue weighted by Crippen LogP contribution is 2.26. The molecule has 0 bridgehead atoms. The van der Waals surface area contributed by atoms with E-state index in [1.807, 2.05) is 25.1 Å². The minimum Gasteiger partial charge on any atom is -0.452 e. The quantitative estimate of drug-likeness (QED) is 0.926. The number of halogens is 2. The van der Waals surface area contributed by atoms with Crippen LogP contribution >= 0.6 is 15.9 Å². The first-order valence-corrected chi connectivity index (χ1v) is 6.24. The van der Waals surface area contributed by atoms with Crippen molar-refractivity contribution in [3.05, 3.63) is 58.2 Å². The molecule has 0 fully saturated rings. The van der Waals surface area contributed by atoms with E-state index >= 15 is 0 Å². The number of benzene rings is 1. The van der Waals surface area contributed by atoms with Crippen molar-refractivity contribution < 1.29 is 8.81 Å².